The van der Waals surface area contributed by atoms with Crippen molar-refractivity contribution in [3.05, 3.63) is 0 Å². The Morgan fingerprint density at radius 2 is 2.12 bits per heavy atom. The summed E-state index contributed by atoms with van der Waals surface area (Å²) in [6.45, 7) is 8.52. The van der Waals surface area contributed by atoms with Crippen LogP contribution in [0.3, 0.4) is 0 Å². The SMILES string of the molecule is CC1C(CS)C(I)CN1C(=O)OC(C)(C)C. The molecule has 0 aromatic carbocycles. The Bertz CT molecular complexity index is 267. The van der Waals surface area contributed by atoms with E-state index in [0.29, 0.717) is 9.84 Å². The predicted molar refractivity (Wildman–Crippen MR) is 77.6 cm³/mol. The van der Waals surface area contributed by atoms with Crippen LogP contribution in [0.1, 0.15) is 27.7 Å². The first kappa shape index (κ1) is 14.4. The van der Waals surface area contributed by atoms with Crippen molar-refractivity contribution < 1.29 is 9.53 Å². The van der Waals surface area contributed by atoms with Gasteiger partial charge in [-0.1, -0.05) is 22.6 Å². The second-order valence-corrected chi connectivity index (χ2v) is 7.20. The third-order valence-electron chi connectivity index (χ3n) is 2.79. The van der Waals surface area contributed by atoms with Gasteiger partial charge in [-0.15, -0.1) is 0 Å². The third kappa shape index (κ3) is 3.42. The van der Waals surface area contributed by atoms with Gasteiger partial charge in [0.25, 0.3) is 0 Å². The van der Waals surface area contributed by atoms with Crippen LogP contribution in [0.5, 0.6) is 0 Å². The normalized spacial score (nSPS) is 30.6. The van der Waals surface area contributed by atoms with E-state index in [1.54, 1.807) is 0 Å². The molecule has 0 bridgehead atoms. The quantitative estimate of drug-likeness (QED) is 0.444. The molecule has 16 heavy (non-hydrogen) atoms. The fourth-order valence-corrected chi connectivity index (χ4v) is 4.09. The Morgan fingerprint density at radius 1 is 1.56 bits per heavy atom. The molecule has 1 aliphatic heterocycles. The number of nitrogens with zero attached hydrogens (tertiary/aromatic N) is 1. The predicted octanol–water partition coefficient (Wildman–Crippen LogP) is 2.98. The molecule has 0 aromatic rings. The molecular formula is C11H20INO2S. The number of halogens is 1. The molecule has 0 saturated carbocycles. The summed E-state index contributed by atoms with van der Waals surface area (Å²) >= 11 is 6.74. The topological polar surface area (TPSA) is 29.5 Å². The minimum atomic E-state index is -0.420. The maximum atomic E-state index is 12.0. The highest BCUT2D eigenvalue weighted by molar-refractivity contribution is 14.1. The zero-order chi connectivity index (χ0) is 12.5. The highest BCUT2D eigenvalue weighted by Gasteiger charge is 2.40. The van der Waals surface area contributed by atoms with Gasteiger partial charge in [0.2, 0.25) is 0 Å². The van der Waals surface area contributed by atoms with Gasteiger partial charge >= 0.3 is 6.09 Å². The molecular weight excluding hydrogens is 337 g/mol. The van der Waals surface area contributed by atoms with Gasteiger partial charge in [-0.05, 0) is 33.4 Å². The Hall–Kier alpha value is 0.350. The highest BCUT2D eigenvalue weighted by Crippen LogP contribution is 2.32. The number of alkyl halides is 1. The number of hydrogen-bond donors (Lipinski definition) is 1. The van der Waals surface area contributed by atoms with E-state index >= 15 is 0 Å². The van der Waals surface area contributed by atoms with Crippen LogP contribution < -0.4 is 0 Å². The number of carbonyl (C=O) groups excluding carboxylic acids is 1. The maximum absolute atomic E-state index is 12.0. The maximum Gasteiger partial charge on any atom is 0.410 e. The second-order valence-electron chi connectivity index (χ2n) is 5.24. The summed E-state index contributed by atoms with van der Waals surface area (Å²) in [5, 5.41) is 0. The molecule has 1 aliphatic rings. The Balaban J connectivity index is 2.65. The van der Waals surface area contributed by atoms with Gasteiger partial charge in [0, 0.05) is 22.4 Å². The van der Waals surface area contributed by atoms with Gasteiger partial charge in [0.1, 0.15) is 5.60 Å². The number of thiol groups is 1. The second kappa shape index (κ2) is 5.33. The molecule has 3 unspecified atom stereocenters. The van der Waals surface area contributed by atoms with E-state index in [2.05, 4.69) is 42.1 Å². The van der Waals surface area contributed by atoms with Crippen LogP contribution in [0.15, 0.2) is 0 Å². The third-order valence-corrected chi connectivity index (χ3v) is 4.53. The van der Waals surface area contributed by atoms with Crippen molar-refractivity contribution in [3.63, 3.8) is 0 Å². The summed E-state index contributed by atoms with van der Waals surface area (Å²) in [5.74, 6) is 1.27. The zero-order valence-electron chi connectivity index (χ0n) is 10.2. The van der Waals surface area contributed by atoms with E-state index in [4.69, 9.17) is 4.74 Å². The lowest BCUT2D eigenvalue weighted by Gasteiger charge is -2.28. The van der Waals surface area contributed by atoms with Crippen LogP contribution >= 0.6 is 35.2 Å². The van der Waals surface area contributed by atoms with Crippen molar-refractivity contribution >= 4 is 41.3 Å². The largest absolute Gasteiger partial charge is 0.444 e. The summed E-state index contributed by atoms with van der Waals surface area (Å²) in [7, 11) is 0. The minimum Gasteiger partial charge on any atom is -0.444 e. The van der Waals surface area contributed by atoms with Crippen molar-refractivity contribution in [2.75, 3.05) is 12.3 Å². The lowest BCUT2D eigenvalue weighted by molar-refractivity contribution is 0.0226. The molecule has 1 rings (SSSR count). The molecule has 3 nitrogen and oxygen atoms in total. The van der Waals surface area contributed by atoms with Crippen molar-refractivity contribution in [1.82, 2.24) is 4.90 Å². The molecule has 1 heterocycles. The summed E-state index contributed by atoms with van der Waals surface area (Å²) in [5.41, 5.74) is -0.420. The van der Waals surface area contributed by atoms with Crippen molar-refractivity contribution in [1.29, 1.82) is 0 Å². The van der Waals surface area contributed by atoms with Crippen molar-refractivity contribution in [2.24, 2.45) is 5.92 Å². The van der Waals surface area contributed by atoms with E-state index in [9.17, 15) is 4.79 Å². The van der Waals surface area contributed by atoms with E-state index in [0.717, 1.165) is 12.3 Å². The van der Waals surface area contributed by atoms with Gasteiger partial charge in [0.05, 0.1) is 0 Å². The smallest absolute Gasteiger partial charge is 0.410 e. The van der Waals surface area contributed by atoms with E-state index in [1.165, 1.54) is 0 Å². The molecule has 3 atom stereocenters. The van der Waals surface area contributed by atoms with Gasteiger partial charge in [-0.2, -0.15) is 12.6 Å². The summed E-state index contributed by atoms with van der Waals surface area (Å²) < 4.78 is 5.86. The first-order valence-electron chi connectivity index (χ1n) is 5.51. The molecule has 1 saturated heterocycles. The number of likely N-dealkylation sites (tertiary alicyclic amines) is 1. The standard InChI is InChI=1S/C11H20INO2S/c1-7-8(6-16)9(12)5-13(7)10(14)15-11(2,3)4/h7-9,16H,5-6H2,1-4H3. The molecule has 0 N–H and O–H groups in total. The first-order valence-corrected chi connectivity index (χ1v) is 7.38. The molecule has 94 valence electrons. The molecule has 0 spiro atoms. The number of rotatable bonds is 1. The average Bonchev–Trinajstić information content (AvgIpc) is 2.38. The van der Waals surface area contributed by atoms with Crippen molar-refractivity contribution in [3.8, 4) is 0 Å². The van der Waals surface area contributed by atoms with Gasteiger partial charge in [0.15, 0.2) is 0 Å². The fourth-order valence-electron chi connectivity index (χ4n) is 1.85. The zero-order valence-corrected chi connectivity index (χ0v) is 13.3. The van der Waals surface area contributed by atoms with Gasteiger partial charge < -0.3 is 9.64 Å². The molecule has 5 heteroatoms. The van der Waals surface area contributed by atoms with E-state index in [-0.39, 0.29) is 12.1 Å². The van der Waals surface area contributed by atoms with Crippen LogP contribution in [0.25, 0.3) is 0 Å². The fraction of sp³-hybridized carbons (Fsp3) is 0.909. The lowest BCUT2D eigenvalue weighted by Crippen LogP contribution is -2.40. The Labute approximate surface area is 117 Å². The van der Waals surface area contributed by atoms with Gasteiger partial charge in [-0.3, -0.25) is 0 Å². The molecule has 0 aliphatic carbocycles. The van der Waals surface area contributed by atoms with Crippen LogP contribution in [0, 0.1) is 5.92 Å². The highest BCUT2D eigenvalue weighted by atomic mass is 127. The summed E-state index contributed by atoms with van der Waals surface area (Å²) in [4.78, 5) is 13.8. The molecule has 1 fully saturated rings. The average molecular weight is 357 g/mol. The number of carbonyl (C=O) groups is 1. The molecule has 0 radical (unpaired) electrons. The Kier molecular flexibility index (Phi) is 4.80. The minimum absolute atomic E-state index is 0.203. The molecule has 0 aromatic heterocycles. The van der Waals surface area contributed by atoms with Crippen LogP contribution in [-0.2, 0) is 4.74 Å². The first-order chi connectivity index (χ1) is 7.26. The molecule has 1 amide bonds. The summed E-state index contributed by atoms with van der Waals surface area (Å²) in [6, 6.07) is 0.217. The number of amides is 1. The monoisotopic (exact) mass is 357 g/mol. The van der Waals surface area contributed by atoms with Crippen LogP contribution in [0.2, 0.25) is 0 Å². The van der Waals surface area contributed by atoms with Gasteiger partial charge in [-0.25, -0.2) is 4.79 Å². The van der Waals surface area contributed by atoms with E-state index < -0.39 is 5.60 Å². The lowest BCUT2D eigenvalue weighted by atomic mass is 10.1. The van der Waals surface area contributed by atoms with Crippen molar-refractivity contribution in [2.45, 2.75) is 43.3 Å². The Morgan fingerprint density at radius 3 is 2.50 bits per heavy atom. The van der Waals surface area contributed by atoms with Crippen LogP contribution in [-0.4, -0.2) is 38.9 Å². The number of ether oxygens (including phenoxy) is 1. The van der Waals surface area contributed by atoms with E-state index in [1.807, 2.05) is 25.7 Å². The van der Waals surface area contributed by atoms with Crippen LogP contribution in [0.4, 0.5) is 4.79 Å². The summed E-state index contributed by atoms with van der Waals surface area (Å²) in [6.07, 6.45) is -0.203. The number of hydrogen-bond acceptors (Lipinski definition) is 3.